The number of rotatable bonds is 10. The van der Waals surface area contributed by atoms with Crippen molar-refractivity contribution in [2.75, 3.05) is 22.5 Å². The Morgan fingerprint density at radius 1 is 0.867 bits per heavy atom. The molecule has 4 N–H and O–H groups in total. The summed E-state index contributed by atoms with van der Waals surface area (Å²) in [6, 6.07) is 14.1. The van der Waals surface area contributed by atoms with Crippen molar-refractivity contribution in [1.29, 1.82) is 0 Å². The molecule has 0 heterocycles. The molecule has 0 aliphatic heterocycles. The van der Waals surface area contributed by atoms with E-state index in [1.165, 1.54) is 0 Å². The highest BCUT2D eigenvalue weighted by Gasteiger charge is 2.09. The highest BCUT2D eigenvalue weighted by molar-refractivity contribution is 5.96. The van der Waals surface area contributed by atoms with Gasteiger partial charge < -0.3 is 21.3 Å². The quantitative estimate of drug-likeness (QED) is 0.476. The summed E-state index contributed by atoms with van der Waals surface area (Å²) in [5.41, 5.74) is 2.56. The fourth-order valence-corrected chi connectivity index (χ4v) is 2.65. The molecule has 160 valence electrons. The molecule has 0 bridgehead atoms. The molecule has 2 aromatic rings. The van der Waals surface area contributed by atoms with E-state index in [9.17, 15) is 14.4 Å². The van der Waals surface area contributed by atoms with Crippen molar-refractivity contribution in [2.45, 2.75) is 46.1 Å². The van der Waals surface area contributed by atoms with Gasteiger partial charge in [0, 0.05) is 35.1 Å². The van der Waals surface area contributed by atoms with E-state index in [2.05, 4.69) is 21.3 Å². The third-order valence-electron chi connectivity index (χ3n) is 4.50. The summed E-state index contributed by atoms with van der Waals surface area (Å²) in [6.45, 7) is 5.98. The second-order valence-electron chi connectivity index (χ2n) is 7.14. The van der Waals surface area contributed by atoms with Crippen LogP contribution in [0.5, 0.6) is 0 Å². The Balaban J connectivity index is 1.85. The largest absolute Gasteiger partial charge is 0.376 e. The van der Waals surface area contributed by atoms with Crippen LogP contribution in [0.4, 0.5) is 17.1 Å². The summed E-state index contributed by atoms with van der Waals surface area (Å²) in [7, 11) is 0. The molecule has 0 spiro atoms. The van der Waals surface area contributed by atoms with E-state index in [-0.39, 0.29) is 30.3 Å². The van der Waals surface area contributed by atoms with Crippen molar-refractivity contribution < 1.29 is 14.4 Å². The summed E-state index contributed by atoms with van der Waals surface area (Å²) in [6.07, 6.45) is 2.12. The minimum atomic E-state index is -0.216. The van der Waals surface area contributed by atoms with E-state index < -0.39 is 0 Å². The first-order valence-corrected chi connectivity index (χ1v) is 10.3. The first-order valence-electron chi connectivity index (χ1n) is 10.3. The lowest BCUT2D eigenvalue weighted by atomic mass is 10.1. The molecule has 7 nitrogen and oxygen atoms in total. The zero-order valence-electron chi connectivity index (χ0n) is 17.7. The average molecular weight is 411 g/mol. The minimum absolute atomic E-state index is 0.0291. The van der Waals surface area contributed by atoms with Crippen molar-refractivity contribution in [2.24, 2.45) is 0 Å². The molecule has 7 heteroatoms. The fourth-order valence-electron chi connectivity index (χ4n) is 2.65. The second kappa shape index (κ2) is 11.6. The van der Waals surface area contributed by atoms with Gasteiger partial charge in [0.2, 0.25) is 11.8 Å². The molecular formula is C23H30N4O3. The molecule has 0 saturated carbocycles. The molecule has 30 heavy (non-hydrogen) atoms. The van der Waals surface area contributed by atoms with Gasteiger partial charge in [-0.3, -0.25) is 14.4 Å². The summed E-state index contributed by atoms with van der Waals surface area (Å²) in [5.74, 6) is -0.380. The van der Waals surface area contributed by atoms with E-state index in [0.29, 0.717) is 29.0 Å². The SMILES string of the molecule is CCCC(=O)Nc1ccc(NC(=O)CNc2cccc(C(=O)NC(C)CC)c2)cc1. The van der Waals surface area contributed by atoms with Gasteiger partial charge in [0.05, 0.1) is 6.54 Å². The van der Waals surface area contributed by atoms with E-state index in [4.69, 9.17) is 0 Å². The van der Waals surface area contributed by atoms with Gasteiger partial charge in [0.25, 0.3) is 5.91 Å². The molecule has 0 fully saturated rings. The standard InChI is InChI=1S/C23H30N4O3/c1-4-7-21(28)26-18-10-12-19(13-11-18)27-22(29)15-24-20-9-6-8-17(14-20)23(30)25-16(3)5-2/h6,8-14,16,24H,4-5,7,15H2,1-3H3,(H,25,30)(H,26,28)(H,27,29). The Kier molecular flexibility index (Phi) is 8.87. The van der Waals surface area contributed by atoms with Crippen LogP contribution in [0.2, 0.25) is 0 Å². The lowest BCUT2D eigenvalue weighted by molar-refractivity contribution is -0.116. The van der Waals surface area contributed by atoms with Crippen molar-refractivity contribution in [3.8, 4) is 0 Å². The van der Waals surface area contributed by atoms with Crippen LogP contribution in [0.25, 0.3) is 0 Å². The van der Waals surface area contributed by atoms with Crippen LogP contribution in [0, 0.1) is 0 Å². The summed E-state index contributed by atoms with van der Waals surface area (Å²) < 4.78 is 0. The van der Waals surface area contributed by atoms with Gasteiger partial charge in [0.1, 0.15) is 0 Å². The van der Waals surface area contributed by atoms with Gasteiger partial charge in [-0.05, 0) is 62.2 Å². The Morgan fingerprint density at radius 2 is 1.50 bits per heavy atom. The van der Waals surface area contributed by atoms with Crippen LogP contribution in [0.3, 0.4) is 0 Å². The molecule has 2 aromatic carbocycles. The zero-order valence-corrected chi connectivity index (χ0v) is 17.7. The number of anilines is 3. The molecule has 1 atom stereocenters. The number of carbonyl (C=O) groups is 3. The highest BCUT2D eigenvalue weighted by Crippen LogP contribution is 2.15. The van der Waals surface area contributed by atoms with Crippen LogP contribution in [0.15, 0.2) is 48.5 Å². The van der Waals surface area contributed by atoms with Crippen LogP contribution < -0.4 is 21.3 Å². The third-order valence-corrected chi connectivity index (χ3v) is 4.50. The summed E-state index contributed by atoms with van der Waals surface area (Å²) in [4.78, 5) is 36.1. The molecule has 0 aromatic heterocycles. The average Bonchev–Trinajstić information content (AvgIpc) is 2.74. The molecule has 0 saturated heterocycles. The van der Waals surface area contributed by atoms with E-state index in [1.54, 1.807) is 48.5 Å². The fraction of sp³-hybridized carbons (Fsp3) is 0.348. The molecular weight excluding hydrogens is 380 g/mol. The van der Waals surface area contributed by atoms with Crippen molar-refractivity contribution in [3.63, 3.8) is 0 Å². The van der Waals surface area contributed by atoms with E-state index >= 15 is 0 Å². The second-order valence-corrected chi connectivity index (χ2v) is 7.14. The van der Waals surface area contributed by atoms with Crippen LogP contribution >= 0.6 is 0 Å². The molecule has 2 rings (SSSR count). The topological polar surface area (TPSA) is 99.3 Å². The van der Waals surface area contributed by atoms with Crippen molar-refractivity contribution in [3.05, 3.63) is 54.1 Å². The van der Waals surface area contributed by atoms with E-state index in [0.717, 1.165) is 12.8 Å². The van der Waals surface area contributed by atoms with Crippen LogP contribution in [0.1, 0.15) is 50.4 Å². The lowest BCUT2D eigenvalue weighted by Gasteiger charge is -2.13. The predicted molar refractivity (Wildman–Crippen MR) is 121 cm³/mol. The molecule has 0 radical (unpaired) electrons. The maximum Gasteiger partial charge on any atom is 0.251 e. The normalized spacial score (nSPS) is 11.3. The van der Waals surface area contributed by atoms with Crippen LogP contribution in [-0.2, 0) is 9.59 Å². The first-order chi connectivity index (χ1) is 14.4. The Bertz CT molecular complexity index is 865. The molecule has 0 aliphatic carbocycles. The summed E-state index contributed by atoms with van der Waals surface area (Å²) >= 11 is 0. The van der Waals surface area contributed by atoms with Gasteiger partial charge in [-0.15, -0.1) is 0 Å². The van der Waals surface area contributed by atoms with Crippen LogP contribution in [-0.4, -0.2) is 30.3 Å². The molecule has 3 amide bonds. The van der Waals surface area contributed by atoms with Gasteiger partial charge in [-0.2, -0.15) is 0 Å². The number of hydrogen-bond donors (Lipinski definition) is 4. The monoisotopic (exact) mass is 410 g/mol. The van der Waals surface area contributed by atoms with Gasteiger partial charge >= 0.3 is 0 Å². The van der Waals surface area contributed by atoms with Gasteiger partial charge in [-0.1, -0.05) is 19.9 Å². The third kappa shape index (κ3) is 7.58. The first kappa shape index (κ1) is 22.9. The number of hydrogen-bond acceptors (Lipinski definition) is 4. The van der Waals surface area contributed by atoms with Gasteiger partial charge in [0.15, 0.2) is 0 Å². The summed E-state index contributed by atoms with van der Waals surface area (Å²) in [5, 5.41) is 11.5. The Hall–Kier alpha value is -3.35. The predicted octanol–water partition coefficient (Wildman–Crippen LogP) is 4.00. The lowest BCUT2D eigenvalue weighted by Crippen LogP contribution is -2.31. The maximum absolute atomic E-state index is 12.2. The molecule has 1 unspecified atom stereocenters. The Morgan fingerprint density at radius 3 is 2.10 bits per heavy atom. The molecule has 0 aliphatic rings. The number of nitrogens with one attached hydrogen (secondary N) is 4. The maximum atomic E-state index is 12.2. The van der Waals surface area contributed by atoms with Crippen molar-refractivity contribution in [1.82, 2.24) is 5.32 Å². The number of benzene rings is 2. The minimum Gasteiger partial charge on any atom is -0.376 e. The van der Waals surface area contributed by atoms with Gasteiger partial charge in [-0.25, -0.2) is 0 Å². The van der Waals surface area contributed by atoms with Crippen molar-refractivity contribution >= 4 is 34.8 Å². The smallest absolute Gasteiger partial charge is 0.251 e. The highest BCUT2D eigenvalue weighted by atomic mass is 16.2. The number of amides is 3. The number of carbonyl (C=O) groups excluding carboxylic acids is 3. The Labute approximate surface area is 177 Å². The zero-order chi connectivity index (χ0) is 21.9. The van der Waals surface area contributed by atoms with E-state index in [1.807, 2.05) is 20.8 Å².